The van der Waals surface area contributed by atoms with Gasteiger partial charge in [0.25, 0.3) is 0 Å². The van der Waals surface area contributed by atoms with Crippen LogP contribution in [0, 0.1) is 0 Å². The second-order valence-corrected chi connectivity index (χ2v) is 1.97. The Balaban J connectivity index is -0.000000107. The summed E-state index contributed by atoms with van der Waals surface area (Å²) in [5.41, 5.74) is 0. The summed E-state index contributed by atoms with van der Waals surface area (Å²) in [6, 6.07) is 0. The van der Waals surface area contributed by atoms with Crippen molar-refractivity contribution < 1.29 is 22.4 Å². The fraction of sp³-hybridized carbons (Fsp3) is 0.333. The van der Waals surface area contributed by atoms with Crippen LogP contribution in [0.5, 0.6) is 0 Å². The average Bonchev–Trinajstić information content (AvgIpc) is 1.63. The molecule has 0 rings (SSSR count). The molecule has 0 radical (unpaired) electrons. The number of hydrogen-bond donors (Lipinski definition) is 4. The van der Waals surface area contributed by atoms with E-state index in [1.54, 1.807) is 6.08 Å². The zero-order chi connectivity index (χ0) is 8.62. The molecule has 0 aliphatic heterocycles. The van der Waals surface area contributed by atoms with E-state index in [1.165, 1.54) is 0 Å². The Morgan fingerprint density at radius 3 is 1.82 bits per heavy atom. The molecule has 0 saturated carbocycles. The van der Waals surface area contributed by atoms with E-state index >= 15 is 0 Å². The smallest absolute Gasteiger partial charge is 0.344 e. The quantitative estimate of drug-likeness (QED) is 0.261. The molecule has 0 aromatic rings. The summed E-state index contributed by atoms with van der Waals surface area (Å²) in [5.74, 6) is 4.57. The average molecular weight is 188 g/mol. The minimum atomic E-state index is -4.67. The lowest BCUT2D eigenvalue weighted by atomic mass is 10.7. The van der Waals surface area contributed by atoms with E-state index in [-0.39, 0.29) is 6.15 Å². The first-order chi connectivity index (χ1) is 4.41. The van der Waals surface area contributed by atoms with E-state index in [0.717, 1.165) is 0 Å². The molecule has 7 N–H and O–H groups in total. The molecular formula is C3H12N2O5S. The van der Waals surface area contributed by atoms with E-state index in [1.807, 2.05) is 0 Å². The Kier molecular flexibility index (Phi) is 14.5. The van der Waals surface area contributed by atoms with E-state index in [2.05, 4.69) is 17.3 Å². The molecule has 11 heavy (non-hydrogen) atoms. The molecule has 8 heteroatoms. The maximum atomic E-state index is 8.74. The first kappa shape index (κ1) is 16.8. The van der Waals surface area contributed by atoms with E-state index in [4.69, 9.17) is 17.5 Å². The molecule has 0 fully saturated rings. The van der Waals surface area contributed by atoms with Gasteiger partial charge in [0.05, 0.1) is 6.61 Å². The van der Waals surface area contributed by atoms with E-state index in [9.17, 15) is 0 Å². The summed E-state index contributed by atoms with van der Waals surface area (Å²) in [4.78, 5) is 4.07. The van der Waals surface area contributed by atoms with Gasteiger partial charge in [-0.1, -0.05) is 6.08 Å². The van der Waals surface area contributed by atoms with Crippen LogP contribution in [0.2, 0.25) is 0 Å². The molecule has 0 amide bonds. The third-order valence-electron chi connectivity index (χ3n) is 0.214. The number of rotatable bonds is 2. The minimum Gasteiger partial charge on any atom is -0.344 e. The molecule has 0 aliphatic rings. The van der Waals surface area contributed by atoms with Crippen molar-refractivity contribution in [3.63, 3.8) is 0 Å². The van der Waals surface area contributed by atoms with E-state index < -0.39 is 10.4 Å². The summed E-state index contributed by atoms with van der Waals surface area (Å²) in [7, 11) is -4.67. The van der Waals surface area contributed by atoms with Gasteiger partial charge in [-0.25, -0.2) is 5.90 Å². The molecule has 0 saturated heterocycles. The van der Waals surface area contributed by atoms with Gasteiger partial charge in [0.1, 0.15) is 0 Å². The summed E-state index contributed by atoms with van der Waals surface area (Å²) in [5, 5.41) is 0. The van der Waals surface area contributed by atoms with Crippen molar-refractivity contribution in [2.24, 2.45) is 5.90 Å². The van der Waals surface area contributed by atoms with Crippen LogP contribution >= 0.6 is 0 Å². The van der Waals surface area contributed by atoms with Crippen molar-refractivity contribution in [1.29, 1.82) is 0 Å². The molecule has 0 spiro atoms. The van der Waals surface area contributed by atoms with Gasteiger partial charge in [0.2, 0.25) is 0 Å². The van der Waals surface area contributed by atoms with Crippen molar-refractivity contribution in [3.05, 3.63) is 12.7 Å². The van der Waals surface area contributed by atoms with Crippen LogP contribution in [0.3, 0.4) is 0 Å². The van der Waals surface area contributed by atoms with Crippen molar-refractivity contribution in [1.82, 2.24) is 6.15 Å². The van der Waals surface area contributed by atoms with Crippen LogP contribution in [0.4, 0.5) is 0 Å². The highest BCUT2D eigenvalue weighted by atomic mass is 32.3. The lowest BCUT2D eigenvalue weighted by Crippen LogP contribution is -1.96. The predicted octanol–water partition coefficient (Wildman–Crippen LogP) is -0.428. The molecule has 7 nitrogen and oxygen atoms in total. The Morgan fingerprint density at radius 1 is 1.55 bits per heavy atom. The normalized spacial score (nSPS) is 8.64. The first-order valence-electron chi connectivity index (χ1n) is 2.04. The monoisotopic (exact) mass is 188 g/mol. The molecule has 0 bridgehead atoms. The zero-order valence-electron chi connectivity index (χ0n) is 5.80. The van der Waals surface area contributed by atoms with Crippen molar-refractivity contribution in [2.45, 2.75) is 0 Å². The molecule has 0 unspecified atom stereocenters. The Morgan fingerprint density at radius 2 is 1.82 bits per heavy atom. The molecular weight excluding hydrogens is 176 g/mol. The van der Waals surface area contributed by atoms with Crippen molar-refractivity contribution >= 4 is 10.4 Å². The van der Waals surface area contributed by atoms with Crippen LogP contribution in [-0.2, 0) is 15.2 Å². The second kappa shape index (κ2) is 9.49. The lowest BCUT2D eigenvalue weighted by molar-refractivity contribution is 0.168. The highest BCUT2D eigenvalue weighted by molar-refractivity contribution is 7.79. The fourth-order valence-electron chi connectivity index (χ4n) is 0.0680. The van der Waals surface area contributed by atoms with Crippen LogP contribution in [0.25, 0.3) is 0 Å². The third kappa shape index (κ3) is 240. The molecule has 0 heterocycles. The standard InChI is InChI=1S/C3H7NO.H3N.H2O4S/c1-2-3-5-4;;1-5(2,3)4/h2H,1,3-4H2;1H3;(H2,1,2,3,4). The van der Waals surface area contributed by atoms with Gasteiger partial charge in [0.15, 0.2) is 0 Å². The molecule has 0 aromatic carbocycles. The largest absolute Gasteiger partial charge is 0.394 e. The maximum Gasteiger partial charge on any atom is 0.394 e. The SMILES string of the molecule is C=CCON.N.O=S(=O)(O)O. The van der Waals surface area contributed by atoms with Gasteiger partial charge in [-0.05, 0) is 0 Å². The highest BCUT2D eigenvalue weighted by Gasteiger charge is 1.84. The summed E-state index contributed by atoms with van der Waals surface area (Å²) >= 11 is 0. The third-order valence-corrected chi connectivity index (χ3v) is 0.214. The van der Waals surface area contributed by atoms with Crippen LogP contribution in [-0.4, -0.2) is 24.1 Å². The van der Waals surface area contributed by atoms with Crippen molar-refractivity contribution in [3.8, 4) is 0 Å². The van der Waals surface area contributed by atoms with Crippen LogP contribution < -0.4 is 12.0 Å². The Hall–Kier alpha value is -0.510. The van der Waals surface area contributed by atoms with Crippen molar-refractivity contribution in [2.75, 3.05) is 6.61 Å². The Labute approximate surface area is 65.0 Å². The number of nitrogens with two attached hydrogens (primary N) is 1. The number of hydrogen-bond acceptors (Lipinski definition) is 5. The minimum absolute atomic E-state index is 0. The molecule has 0 aromatic heterocycles. The van der Waals surface area contributed by atoms with E-state index in [0.29, 0.717) is 6.61 Å². The van der Waals surface area contributed by atoms with Gasteiger partial charge in [0, 0.05) is 0 Å². The fourth-order valence-corrected chi connectivity index (χ4v) is 0.0680. The second-order valence-electron chi connectivity index (χ2n) is 1.07. The molecule has 0 aliphatic carbocycles. The predicted molar refractivity (Wildman–Crippen MR) is 39.5 cm³/mol. The van der Waals surface area contributed by atoms with Gasteiger partial charge < -0.3 is 11.0 Å². The summed E-state index contributed by atoms with van der Waals surface area (Å²) in [6.45, 7) is 3.78. The Bertz CT molecular complexity index is 157. The first-order valence-corrected chi connectivity index (χ1v) is 3.44. The van der Waals surface area contributed by atoms with Crippen LogP contribution in [0.15, 0.2) is 12.7 Å². The topological polar surface area (TPSA) is 145 Å². The molecule has 0 atom stereocenters. The highest BCUT2D eigenvalue weighted by Crippen LogP contribution is 1.59. The van der Waals surface area contributed by atoms with Crippen LogP contribution in [0.1, 0.15) is 0 Å². The zero-order valence-corrected chi connectivity index (χ0v) is 6.62. The lowest BCUT2D eigenvalue weighted by Gasteiger charge is -1.79. The van der Waals surface area contributed by atoms with Gasteiger partial charge in [-0.15, -0.1) is 6.58 Å². The summed E-state index contributed by atoms with van der Waals surface area (Å²) < 4.78 is 31.6. The maximum absolute atomic E-state index is 8.74. The van der Waals surface area contributed by atoms with Gasteiger partial charge in [-0.3, -0.25) is 9.11 Å². The van der Waals surface area contributed by atoms with Gasteiger partial charge >= 0.3 is 10.4 Å². The van der Waals surface area contributed by atoms with Gasteiger partial charge in [-0.2, -0.15) is 8.42 Å². The molecule has 70 valence electrons. The summed E-state index contributed by atoms with van der Waals surface area (Å²) in [6.07, 6.45) is 1.58.